The number of thiophene rings is 1. The monoisotopic (exact) mass is 314 g/mol. The molecule has 0 saturated heterocycles. The topological polar surface area (TPSA) is 105 Å². The Morgan fingerprint density at radius 2 is 2.10 bits per heavy atom. The first-order valence-corrected chi connectivity index (χ1v) is 7.13. The van der Waals surface area contributed by atoms with Gasteiger partial charge in [-0.15, -0.1) is 11.3 Å². The summed E-state index contributed by atoms with van der Waals surface area (Å²) in [6, 6.07) is 2.12. The van der Waals surface area contributed by atoms with E-state index < -0.39 is 24.0 Å². The molecule has 0 aliphatic carbocycles. The van der Waals surface area contributed by atoms with Crippen LogP contribution in [-0.4, -0.2) is 36.2 Å². The molecule has 1 heterocycles. The number of ether oxygens (including phenoxy) is 1. The van der Waals surface area contributed by atoms with Gasteiger partial charge in [-0.1, -0.05) is 0 Å². The molecule has 0 aliphatic heterocycles. The predicted octanol–water partition coefficient (Wildman–Crippen LogP) is 1.26. The summed E-state index contributed by atoms with van der Waals surface area (Å²) in [5, 5.41) is 13.9. The number of methoxy groups -OCH3 is 1. The number of hydrogen-bond donors (Lipinski definition) is 3. The molecular formula is C13H18N2O5S. The van der Waals surface area contributed by atoms with Crippen molar-refractivity contribution in [1.29, 1.82) is 0 Å². The molecule has 0 saturated carbocycles. The highest BCUT2D eigenvalue weighted by Gasteiger charge is 2.21. The summed E-state index contributed by atoms with van der Waals surface area (Å²) in [4.78, 5) is 35.8. The second kappa shape index (κ2) is 8.25. The molecule has 0 aromatic carbocycles. The van der Waals surface area contributed by atoms with Crippen molar-refractivity contribution in [3.63, 3.8) is 0 Å². The first-order valence-electron chi connectivity index (χ1n) is 6.31. The zero-order valence-electron chi connectivity index (χ0n) is 11.8. The summed E-state index contributed by atoms with van der Waals surface area (Å²) >= 11 is 1.55. The van der Waals surface area contributed by atoms with Crippen molar-refractivity contribution in [3.05, 3.63) is 21.9 Å². The predicted molar refractivity (Wildman–Crippen MR) is 77.1 cm³/mol. The maximum Gasteiger partial charge on any atom is 0.326 e. The standard InChI is InChI=1S/C13H18N2O5S/c1-8-3-4-9(21-8)7-14-13(19)15-10(12(17)18)5-6-11(16)20-2/h3-4,10H,5-7H2,1-2H3,(H,17,18)(H2,14,15,19)/t10-/m0/s1. The van der Waals surface area contributed by atoms with E-state index in [0.29, 0.717) is 6.54 Å². The highest BCUT2D eigenvalue weighted by Crippen LogP contribution is 2.14. The molecule has 116 valence electrons. The summed E-state index contributed by atoms with van der Waals surface area (Å²) in [6.45, 7) is 2.29. The number of rotatable bonds is 7. The fourth-order valence-electron chi connectivity index (χ4n) is 1.58. The van der Waals surface area contributed by atoms with Gasteiger partial charge in [0.1, 0.15) is 6.04 Å². The van der Waals surface area contributed by atoms with Crippen molar-refractivity contribution < 1.29 is 24.2 Å². The minimum absolute atomic E-state index is 0.0203. The van der Waals surface area contributed by atoms with Crippen LogP contribution in [0.2, 0.25) is 0 Å². The van der Waals surface area contributed by atoms with Gasteiger partial charge < -0.3 is 20.5 Å². The number of esters is 1. The lowest BCUT2D eigenvalue weighted by molar-refractivity contribution is -0.142. The number of nitrogens with one attached hydrogen (secondary N) is 2. The summed E-state index contributed by atoms with van der Waals surface area (Å²) in [5.41, 5.74) is 0. The first kappa shape index (κ1) is 17.0. The van der Waals surface area contributed by atoms with Crippen molar-refractivity contribution in [2.45, 2.75) is 32.4 Å². The van der Waals surface area contributed by atoms with Crippen molar-refractivity contribution in [1.82, 2.24) is 10.6 Å². The molecule has 1 rings (SSSR count). The Kier molecular flexibility index (Phi) is 6.67. The van der Waals surface area contributed by atoms with Gasteiger partial charge in [-0.2, -0.15) is 0 Å². The van der Waals surface area contributed by atoms with Gasteiger partial charge in [0.15, 0.2) is 0 Å². The molecule has 0 aliphatic rings. The normalized spacial score (nSPS) is 11.5. The number of carbonyl (C=O) groups excluding carboxylic acids is 2. The number of aliphatic carboxylic acids is 1. The molecule has 1 atom stereocenters. The molecule has 7 nitrogen and oxygen atoms in total. The minimum Gasteiger partial charge on any atom is -0.480 e. The smallest absolute Gasteiger partial charge is 0.326 e. The van der Waals surface area contributed by atoms with Gasteiger partial charge in [0.25, 0.3) is 0 Å². The quantitative estimate of drug-likeness (QED) is 0.657. The van der Waals surface area contributed by atoms with Crippen molar-refractivity contribution >= 4 is 29.3 Å². The Morgan fingerprint density at radius 1 is 1.38 bits per heavy atom. The van der Waals surface area contributed by atoms with Crippen molar-refractivity contribution in [3.8, 4) is 0 Å². The van der Waals surface area contributed by atoms with Crippen LogP contribution in [0, 0.1) is 6.92 Å². The van der Waals surface area contributed by atoms with E-state index in [2.05, 4.69) is 15.4 Å². The van der Waals surface area contributed by atoms with E-state index in [9.17, 15) is 14.4 Å². The average Bonchev–Trinajstić information content (AvgIpc) is 2.86. The molecule has 1 aromatic heterocycles. The van der Waals surface area contributed by atoms with Crippen molar-refractivity contribution in [2.24, 2.45) is 0 Å². The number of carboxylic acids is 1. The van der Waals surface area contributed by atoms with Crippen molar-refractivity contribution in [2.75, 3.05) is 7.11 Å². The maximum atomic E-state index is 11.7. The van der Waals surface area contributed by atoms with Crippen LogP contribution in [0.1, 0.15) is 22.6 Å². The lowest BCUT2D eigenvalue weighted by Crippen LogP contribution is -2.45. The van der Waals surface area contributed by atoms with E-state index in [1.54, 1.807) is 11.3 Å². The average molecular weight is 314 g/mol. The van der Waals surface area contributed by atoms with Crippen LogP contribution in [0.15, 0.2) is 12.1 Å². The Labute approximate surface area is 126 Å². The van der Waals surface area contributed by atoms with Crippen LogP contribution in [0.5, 0.6) is 0 Å². The molecule has 3 N–H and O–H groups in total. The SMILES string of the molecule is COC(=O)CC[C@H](NC(=O)NCc1ccc(C)s1)C(=O)O. The molecule has 0 unspecified atom stereocenters. The maximum absolute atomic E-state index is 11.7. The van der Waals surface area contributed by atoms with E-state index in [-0.39, 0.29) is 12.8 Å². The van der Waals surface area contributed by atoms with Gasteiger partial charge in [-0.3, -0.25) is 4.79 Å². The second-order valence-electron chi connectivity index (χ2n) is 4.35. The van der Waals surface area contributed by atoms with Crippen LogP contribution in [0.3, 0.4) is 0 Å². The molecule has 0 bridgehead atoms. The Hall–Kier alpha value is -2.09. The second-order valence-corrected chi connectivity index (χ2v) is 5.72. The van der Waals surface area contributed by atoms with Crippen LogP contribution in [0.4, 0.5) is 4.79 Å². The number of carboxylic acid groups (broad SMARTS) is 1. The van der Waals surface area contributed by atoms with Gasteiger partial charge >= 0.3 is 18.0 Å². The fraction of sp³-hybridized carbons (Fsp3) is 0.462. The summed E-state index contributed by atoms with van der Waals surface area (Å²) in [5.74, 6) is -1.71. The molecule has 2 amide bonds. The van der Waals surface area contributed by atoms with Crippen LogP contribution >= 0.6 is 11.3 Å². The fourth-order valence-corrected chi connectivity index (χ4v) is 2.41. The lowest BCUT2D eigenvalue weighted by Gasteiger charge is -2.14. The van der Waals surface area contributed by atoms with Crippen LogP contribution in [0.25, 0.3) is 0 Å². The van der Waals surface area contributed by atoms with E-state index in [1.807, 2.05) is 19.1 Å². The summed E-state index contributed by atoms with van der Waals surface area (Å²) < 4.78 is 4.43. The molecule has 0 radical (unpaired) electrons. The molecule has 0 fully saturated rings. The molecule has 0 spiro atoms. The van der Waals surface area contributed by atoms with Gasteiger partial charge in [0.05, 0.1) is 13.7 Å². The van der Waals surface area contributed by atoms with E-state index in [1.165, 1.54) is 7.11 Å². The summed E-state index contributed by atoms with van der Waals surface area (Å²) in [6.07, 6.45) is -0.0919. The third-order valence-corrected chi connectivity index (χ3v) is 3.69. The van der Waals surface area contributed by atoms with E-state index in [0.717, 1.165) is 9.75 Å². The molecule has 1 aromatic rings. The van der Waals surface area contributed by atoms with Gasteiger partial charge in [-0.05, 0) is 25.5 Å². The number of hydrogen-bond acceptors (Lipinski definition) is 5. The van der Waals surface area contributed by atoms with Gasteiger partial charge in [0.2, 0.25) is 0 Å². The van der Waals surface area contributed by atoms with Gasteiger partial charge in [0, 0.05) is 16.2 Å². The third kappa shape index (κ3) is 6.26. The van der Waals surface area contributed by atoms with E-state index >= 15 is 0 Å². The molecule has 21 heavy (non-hydrogen) atoms. The highest BCUT2D eigenvalue weighted by molar-refractivity contribution is 7.11. The number of aryl methyl sites for hydroxylation is 1. The number of amides is 2. The Morgan fingerprint density at radius 3 is 2.62 bits per heavy atom. The Balaban J connectivity index is 2.41. The Bertz CT molecular complexity index is 514. The zero-order valence-corrected chi connectivity index (χ0v) is 12.7. The minimum atomic E-state index is -1.19. The number of carbonyl (C=O) groups is 3. The van der Waals surface area contributed by atoms with Crippen LogP contribution in [-0.2, 0) is 20.9 Å². The molecule has 8 heteroatoms. The lowest BCUT2D eigenvalue weighted by atomic mass is 10.1. The highest BCUT2D eigenvalue weighted by atomic mass is 32.1. The third-order valence-electron chi connectivity index (χ3n) is 2.69. The largest absolute Gasteiger partial charge is 0.480 e. The van der Waals surface area contributed by atoms with Crippen LogP contribution < -0.4 is 10.6 Å². The summed E-state index contributed by atoms with van der Waals surface area (Å²) in [7, 11) is 1.22. The zero-order chi connectivity index (χ0) is 15.8. The van der Waals surface area contributed by atoms with E-state index in [4.69, 9.17) is 5.11 Å². The number of urea groups is 1. The van der Waals surface area contributed by atoms with Gasteiger partial charge in [-0.25, -0.2) is 9.59 Å². The molecular weight excluding hydrogens is 296 g/mol. The first-order chi connectivity index (χ1) is 9.92.